The van der Waals surface area contributed by atoms with E-state index in [1.807, 2.05) is 67.5 Å². The molecule has 0 saturated heterocycles. The second kappa shape index (κ2) is 9.93. The van der Waals surface area contributed by atoms with Gasteiger partial charge in [0.2, 0.25) is 0 Å². The van der Waals surface area contributed by atoms with Crippen molar-refractivity contribution in [3.8, 4) is 0 Å². The molecule has 0 aliphatic carbocycles. The van der Waals surface area contributed by atoms with Gasteiger partial charge in [0.05, 0.1) is 0 Å². The van der Waals surface area contributed by atoms with E-state index in [1.54, 1.807) is 16.3 Å². The minimum Gasteiger partial charge on any atom is -0.349 e. The van der Waals surface area contributed by atoms with Crippen molar-refractivity contribution in [2.75, 3.05) is 32.5 Å². The molecule has 170 valence electrons. The molecule has 1 aliphatic heterocycles. The highest BCUT2D eigenvalue weighted by molar-refractivity contribution is 7.14. The summed E-state index contributed by atoms with van der Waals surface area (Å²) in [6.07, 6.45) is 0. The molecule has 9 heteroatoms. The topological polar surface area (TPSA) is 94.6 Å². The summed E-state index contributed by atoms with van der Waals surface area (Å²) in [4.78, 5) is 46.6. The predicted octanol–water partition coefficient (Wildman–Crippen LogP) is 2.77. The number of nitrogens with one attached hydrogen (secondary N) is 2. The molecule has 1 atom stereocenters. The van der Waals surface area contributed by atoms with Gasteiger partial charge in [-0.1, -0.05) is 48.5 Å². The summed E-state index contributed by atoms with van der Waals surface area (Å²) in [6.45, 7) is 1.56. The van der Waals surface area contributed by atoms with E-state index in [0.717, 1.165) is 5.56 Å². The van der Waals surface area contributed by atoms with Crippen LogP contribution in [0.25, 0.3) is 0 Å². The van der Waals surface area contributed by atoms with E-state index < -0.39 is 6.04 Å². The number of carbonyl (C=O) groups excluding carboxylic acids is 3. The monoisotopic (exact) mass is 463 g/mol. The average Bonchev–Trinajstić information content (AvgIpc) is 3.40. The van der Waals surface area contributed by atoms with Crippen molar-refractivity contribution < 1.29 is 14.4 Å². The molecule has 0 radical (unpaired) electrons. The third-order valence-electron chi connectivity index (χ3n) is 5.34. The van der Waals surface area contributed by atoms with E-state index in [2.05, 4.69) is 15.6 Å². The lowest BCUT2D eigenvalue weighted by Crippen LogP contribution is -2.37. The van der Waals surface area contributed by atoms with Crippen LogP contribution in [0.15, 0.2) is 60.0 Å². The quantitative estimate of drug-likeness (QED) is 0.536. The molecule has 0 spiro atoms. The molecule has 2 aromatic carbocycles. The Morgan fingerprint density at radius 3 is 2.58 bits per heavy atom. The summed E-state index contributed by atoms with van der Waals surface area (Å²) in [5, 5.41) is 7.52. The molecule has 2 heterocycles. The van der Waals surface area contributed by atoms with Crippen molar-refractivity contribution in [3.05, 3.63) is 82.4 Å². The molecule has 1 aromatic heterocycles. The fraction of sp³-hybridized carbons (Fsp3) is 0.250. The summed E-state index contributed by atoms with van der Waals surface area (Å²) in [5.41, 5.74) is 2.45. The smallest absolute Gasteiger partial charge is 0.270 e. The highest BCUT2D eigenvalue weighted by Gasteiger charge is 2.37. The molecule has 1 aliphatic rings. The van der Waals surface area contributed by atoms with E-state index in [1.165, 1.54) is 11.3 Å². The van der Waals surface area contributed by atoms with Gasteiger partial charge in [0.1, 0.15) is 11.7 Å². The van der Waals surface area contributed by atoms with Crippen molar-refractivity contribution >= 4 is 34.2 Å². The number of hydrogen-bond acceptors (Lipinski definition) is 6. The number of amides is 3. The van der Waals surface area contributed by atoms with Crippen LogP contribution in [-0.4, -0.2) is 59.7 Å². The van der Waals surface area contributed by atoms with Crippen LogP contribution in [0.2, 0.25) is 0 Å². The Morgan fingerprint density at radius 2 is 1.85 bits per heavy atom. The van der Waals surface area contributed by atoms with Crippen LogP contribution in [0, 0.1) is 0 Å². The maximum absolute atomic E-state index is 13.4. The number of aromatic nitrogens is 1. The lowest BCUT2D eigenvalue weighted by Gasteiger charge is -2.27. The van der Waals surface area contributed by atoms with Gasteiger partial charge < -0.3 is 15.1 Å². The van der Waals surface area contributed by atoms with Gasteiger partial charge in [-0.2, -0.15) is 0 Å². The van der Waals surface area contributed by atoms with Crippen LogP contribution in [0.3, 0.4) is 0 Å². The van der Waals surface area contributed by atoms with Crippen LogP contribution < -0.4 is 10.6 Å². The van der Waals surface area contributed by atoms with Gasteiger partial charge in [-0.15, -0.1) is 11.3 Å². The molecular weight excluding hydrogens is 438 g/mol. The fourth-order valence-electron chi connectivity index (χ4n) is 3.69. The average molecular weight is 464 g/mol. The zero-order valence-corrected chi connectivity index (χ0v) is 19.3. The van der Waals surface area contributed by atoms with Crippen LogP contribution in [0.1, 0.15) is 38.0 Å². The van der Waals surface area contributed by atoms with E-state index in [4.69, 9.17) is 0 Å². The minimum absolute atomic E-state index is 0.185. The van der Waals surface area contributed by atoms with Gasteiger partial charge in [0.25, 0.3) is 17.7 Å². The number of fused-ring (bicyclic) bond motifs is 1. The van der Waals surface area contributed by atoms with Crippen molar-refractivity contribution in [1.29, 1.82) is 0 Å². The van der Waals surface area contributed by atoms with E-state index in [9.17, 15) is 14.4 Å². The third-order valence-corrected chi connectivity index (χ3v) is 6.09. The van der Waals surface area contributed by atoms with Crippen LogP contribution in [0.5, 0.6) is 0 Å². The zero-order valence-electron chi connectivity index (χ0n) is 18.4. The van der Waals surface area contributed by atoms with Gasteiger partial charge in [-0.05, 0) is 31.3 Å². The molecule has 0 bridgehead atoms. The fourth-order valence-corrected chi connectivity index (χ4v) is 4.38. The highest BCUT2D eigenvalue weighted by Crippen LogP contribution is 2.32. The number of anilines is 1. The first kappa shape index (κ1) is 22.6. The van der Waals surface area contributed by atoms with Gasteiger partial charge in [0.15, 0.2) is 5.13 Å². The zero-order chi connectivity index (χ0) is 23.4. The third kappa shape index (κ3) is 5.10. The van der Waals surface area contributed by atoms with Crippen LogP contribution in [0.4, 0.5) is 5.13 Å². The predicted molar refractivity (Wildman–Crippen MR) is 127 cm³/mol. The van der Waals surface area contributed by atoms with E-state index in [0.29, 0.717) is 35.9 Å². The van der Waals surface area contributed by atoms with Crippen LogP contribution in [-0.2, 0) is 11.3 Å². The Hall–Kier alpha value is -3.56. The van der Waals surface area contributed by atoms with Crippen molar-refractivity contribution in [2.45, 2.75) is 12.6 Å². The Kier molecular flexibility index (Phi) is 6.81. The molecule has 2 N–H and O–H groups in total. The summed E-state index contributed by atoms with van der Waals surface area (Å²) >= 11 is 1.17. The normalized spacial score (nSPS) is 13.7. The number of thiazole rings is 1. The summed E-state index contributed by atoms with van der Waals surface area (Å²) in [7, 11) is 3.85. The maximum Gasteiger partial charge on any atom is 0.270 e. The Labute approximate surface area is 196 Å². The number of likely N-dealkylation sites (N-methyl/N-ethyl adjacent to an activating group) is 1. The molecule has 0 fully saturated rings. The number of rotatable bonds is 8. The highest BCUT2D eigenvalue weighted by atomic mass is 32.1. The molecule has 3 amide bonds. The molecule has 33 heavy (non-hydrogen) atoms. The van der Waals surface area contributed by atoms with E-state index in [-0.39, 0.29) is 23.4 Å². The molecular formula is C24H25N5O3S. The molecule has 3 aromatic rings. The van der Waals surface area contributed by atoms with Crippen molar-refractivity contribution in [3.63, 3.8) is 0 Å². The SMILES string of the molecule is CN(C)CCNC(=O)c1csc(NC(=O)[C@@H](c2ccccc2)N2Cc3ccccc3C2=O)n1. The first-order valence-electron chi connectivity index (χ1n) is 10.6. The number of benzene rings is 2. The Balaban J connectivity index is 1.51. The lowest BCUT2D eigenvalue weighted by molar-refractivity contribution is -0.120. The standard InChI is InChI=1S/C24H25N5O3S/c1-28(2)13-12-25-21(30)19-15-33-24(26-19)27-22(31)20(16-8-4-3-5-9-16)29-14-17-10-6-7-11-18(17)23(29)32/h3-11,15,20H,12-14H2,1-2H3,(H,25,30)(H,26,27,31)/t20-/m1/s1. The van der Waals surface area contributed by atoms with Gasteiger partial charge in [-0.25, -0.2) is 4.98 Å². The largest absolute Gasteiger partial charge is 0.349 e. The lowest BCUT2D eigenvalue weighted by atomic mass is 10.0. The number of nitrogens with zero attached hydrogens (tertiary/aromatic N) is 3. The number of carbonyl (C=O) groups is 3. The summed E-state index contributed by atoms with van der Waals surface area (Å²) in [5.74, 6) is -0.857. The van der Waals surface area contributed by atoms with E-state index >= 15 is 0 Å². The number of hydrogen-bond donors (Lipinski definition) is 2. The van der Waals surface area contributed by atoms with Gasteiger partial charge >= 0.3 is 0 Å². The molecule has 0 saturated carbocycles. The Morgan fingerprint density at radius 1 is 1.12 bits per heavy atom. The van der Waals surface area contributed by atoms with Gasteiger partial charge in [-0.3, -0.25) is 19.7 Å². The first-order valence-corrected chi connectivity index (χ1v) is 11.4. The first-order chi connectivity index (χ1) is 15.9. The Bertz CT molecular complexity index is 1160. The van der Waals surface area contributed by atoms with Gasteiger partial charge in [0, 0.05) is 30.6 Å². The van der Waals surface area contributed by atoms with Crippen LogP contribution >= 0.6 is 11.3 Å². The summed E-state index contributed by atoms with van der Waals surface area (Å²) < 4.78 is 0. The van der Waals surface area contributed by atoms with Crippen molar-refractivity contribution in [1.82, 2.24) is 20.1 Å². The molecule has 8 nitrogen and oxygen atoms in total. The second-order valence-electron chi connectivity index (χ2n) is 7.99. The maximum atomic E-state index is 13.4. The van der Waals surface area contributed by atoms with Crippen molar-refractivity contribution in [2.24, 2.45) is 0 Å². The molecule has 4 rings (SSSR count). The summed E-state index contributed by atoms with van der Waals surface area (Å²) in [6, 6.07) is 15.7. The molecule has 0 unspecified atom stereocenters. The second-order valence-corrected chi connectivity index (χ2v) is 8.85. The minimum atomic E-state index is -0.827.